The lowest BCUT2D eigenvalue weighted by molar-refractivity contribution is -0.384. The summed E-state index contributed by atoms with van der Waals surface area (Å²) in [5.74, 6) is -0.403. The van der Waals surface area contributed by atoms with Gasteiger partial charge in [0.25, 0.3) is 5.69 Å². The highest BCUT2D eigenvalue weighted by Crippen LogP contribution is 2.34. The highest BCUT2D eigenvalue weighted by Gasteiger charge is 2.34. The Hall–Kier alpha value is -3.67. The number of aromatic nitrogens is 2. The lowest BCUT2D eigenvalue weighted by Gasteiger charge is -2.14. The summed E-state index contributed by atoms with van der Waals surface area (Å²) in [6.45, 7) is 3.46. The standard InChI is InChI=1S/C22H19F3N4O4S/c1-3-33-15-9-10-16(18(11-15)29(31)32)26-20(30)13(2)34-21-27-17(14-7-5-4-6-8-14)12-19(28-21)22(23,24)25/h4-13H,3H2,1-2H3,(H,26,30)/t13-/m1/s1. The number of nitro benzene ring substituents is 1. The van der Waals surface area contributed by atoms with E-state index in [2.05, 4.69) is 15.3 Å². The van der Waals surface area contributed by atoms with Crippen LogP contribution in [0.2, 0.25) is 0 Å². The molecule has 0 bridgehead atoms. The number of benzene rings is 2. The number of hydrogen-bond donors (Lipinski definition) is 1. The smallest absolute Gasteiger partial charge is 0.433 e. The molecule has 178 valence electrons. The van der Waals surface area contributed by atoms with E-state index in [4.69, 9.17) is 4.74 Å². The average molecular weight is 492 g/mol. The number of rotatable bonds is 8. The van der Waals surface area contributed by atoms with Crippen molar-refractivity contribution in [1.29, 1.82) is 0 Å². The van der Waals surface area contributed by atoms with E-state index >= 15 is 0 Å². The molecule has 3 rings (SSSR count). The molecule has 0 spiro atoms. The summed E-state index contributed by atoms with van der Waals surface area (Å²) in [4.78, 5) is 31.1. The van der Waals surface area contributed by atoms with Crippen LogP contribution in [0.5, 0.6) is 5.75 Å². The third kappa shape index (κ3) is 6.22. The van der Waals surface area contributed by atoms with Crippen LogP contribution in [0.4, 0.5) is 24.5 Å². The number of carbonyl (C=O) groups is 1. The molecule has 0 unspecified atom stereocenters. The Labute approximate surface area is 196 Å². The molecule has 0 aliphatic rings. The molecular formula is C22H19F3N4O4S. The van der Waals surface area contributed by atoms with Crippen molar-refractivity contribution in [2.24, 2.45) is 0 Å². The van der Waals surface area contributed by atoms with Gasteiger partial charge in [-0.1, -0.05) is 42.1 Å². The molecule has 0 fully saturated rings. The molecule has 1 N–H and O–H groups in total. The van der Waals surface area contributed by atoms with Gasteiger partial charge in [0.05, 0.1) is 28.5 Å². The summed E-state index contributed by atoms with van der Waals surface area (Å²) in [5.41, 5.74) is -1.07. The summed E-state index contributed by atoms with van der Waals surface area (Å²) >= 11 is 0.707. The first-order chi connectivity index (χ1) is 16.1. The van der Waals surface area contributed by atoms with E-state index in [1.54, 1.807) is 37.3 Å². The maximum absolute atomic E-state index is 13.4. The van der Waals surface area contributed by atoms with Gasteiger partial charge in [-0.05, 0) is 32.0 Å². The predicted molar refractivity (Wildman–Crippen MR) is 121 cm³/mol. The Morgan fingerprint density at radius 1 is 1.18 bits per heavy atom. The van der Waals surface area contributed by atoms with Gasteiger partial charge >= 0.3 is 6.18 Å². The van der Waals surface area contributed by atoms with E-state index < -0.39 is 28.0 Å². The number of amides is 1. The summed E-state index contributed by atoms with van der Waals surface area (Å²) < 4.78 is 45.4. The van der Waals surface area contributed by atoms with Crippen molar-refractivity contribution in [1.82, 2.24) is 9.97 Å². The molecule has 1 aromatic heterocycles. The quantitative estimate of drug-likeness (QED) is 0.189. The molecule has 0 saturated heterocycles. The zero-order chi connectivity index (χ0) is 24.9. The molecule has 12 heteroatoms. The first-order valence-corrected chi connectivity index (χ1v) is 10.9. The lowest BCUT2D eigenvalue weighted by Crippen LogP contribution is -2.23. The van der Waals surface area contributed by atoms with Crippen LogP contribution in [0.15, 0.2) is 59.8 Å². The number of alkyl halides is 3. The molecule has 2 aromatic carbocycles. The Morgan fingerprint density at radius 3 is 2.50 bits per heavy atom. The van der Waals surface area contributed by atoms with Crippen LogP contribution >= 0.6 is 11.8 Å². The molecule has 0 saturated carbocycles. The summed E-state index contributed by atoms with van der Waals surface area (Å²) in [6.07, 6.45) is -4.71. The van der Waals surface area contributed by atoms with Crippen LogP contribution in [0.3, 0.4) is 0 Å². The number of anilines is 1. The first kappa shape index (κ1) is 25.0. The Morgan fingerprint density at radius 2 is 1.88 bits per heavy atom. The Bertz CT molecular complexity index is 1190. The lowest BCUT2D eigenvalue weighted by atomic mass is 10.1. The topological polar surface area (TPSA) is 107 Å². The molecule has 34 heavy (non-hydrogen) atoms. The molecule has 8 nitrogen and oxygen atoms in total. The van der Waals surface area contributed by atoms with Crippen molar-refractivity contribution in [3.63, 3.8) is 0 Å². The van der Waals surface area contributed by atoms with Gasteiger partial charge in [0, 0.05) is 5.56 Å². The van der Waals surface area contributed by atoms with E-state index in [1.165, 1.54) is 25.1 Å². The fourth-order valence-corrected chi connectivity index (χ4v) is 3.63. The second-order valence-electron chi connectivity index (χ2n) is 6.90. The van der Waals surface area contributed by atoms with Gasteiger partial charge in [-0.2, -0.15) is 13.2 Å². The number of thioether (sulfide) groups is 1. The van der Waals surface area contributed by atoms with E-state index in [9.17, 15) is 28.1 Å². The van der Waals surface area contributed by atoms with Crippen LogP contribution < -0.4 is 10.1 Å². The second-order valence-corrected chi connectivity index (χ2v) is 8.21. The third-order valence-corrected chi connectivity index (χ3v) is 5.41. The zero-order valence-corrected chi connectivity index (χ0v) is 18.8. The highest BCUT2D eigenvalue weighted by atomic mass is 32.2. The van der Waals surface area contributed by atoms with E-state index in [1.807, 2.05) is 0 Å². The maximum Gasteiger partial charge on any atom is 0.433 e. The Balaban J connectivity index is 1.84. The van der Waals surface area contributed by atoms with Gasteiger partial charge in [0.15, 0.2) is 5.16 Å². The van der Waals surface area contributed by atoms with E-state index in [-0.39, 0.29) is 28.0 Å². The van der Waals surface area contributed by atoms with Crippen LogP contribution in [-0.2, 0) is 11.0 Å². The van der Waals surface area contributed by atoms with Crippen molar-refractivity contribution in [3.05, 3.63) is 70.4 Å². The van der Waals surface area contributed by atoms with Crippen molar-refractivity contribution in [2.75, 3.05) is 11.9 Å². The van der Waals surface area contributed by atoms with Gasteiger partial charge in [-0.15, -0.1) is 0 Å². The number of hydrogen-bond acceptors (Lipinski definition) is 7. The summed E-state index contributed by atoms with van der Waals surface area (Å²) in [5, 5.41) is 12.6. The number of carbonyl (C=O) groups excluding carboxylic acids is 1. The summed E-state index contributed by atoms with van der Waals surface area (Å²) in [6, 6.07) is 13.1. The van der Waals surface area contributed by atoms with Crippen molar-refractivity contribution < 1.29 is 27.6 Å². The Kier molecular flexibility index (Phi) is 7.72. The molecule has 1 amide bonds. The molecule has 1 atom stereocenters. The average Bonchev–Trinajstić information content (AvgIpc) is 2.79. The fraction of sp³-hybridized carbons (Fsp3) is 0.227. The van der Waals surface area contributed by atoms with E-state index in [0.29, 0.717) is 23.9 Å². The molecule has 1 heterocycles. The zero-order valence-electron chi connectivity index (χ0n) is 18.0. The number of nitrogens with zero attached hydrogens (tertiary/aromatic N) is 3. The summed E-state index contributed by atoms with van der Waals surface area (Å²) in [7, 11) is 0. The van der Waals surface area contributed by atoms with Crippen LogP contribution in [0.25, 0.3) is 11.3 Å². The normalized spacial score (nSPS) is 12.1. The third-order valence-electron chi connectivity index (χ3n) is 4.45. The first-order valence-electron chi connectivity index (χ1n) is 9.99. The van der Waals surface area contributed by atoms with E-state index in [0.717, 1.165) is 6.07 Å². The van der Waals surface area contributed by atoms with Crippen molar-refractivity contribution in [2.45, 2.75) is 30.4 Å². The van der Waals surface area contributed by atoms with Crippen LogP contribution in [0.1, 0.15) is 19.5 Å². The number of halogens is 3. The molecular weight excluding hydrogens is 473 g/mol. The molecule has 0 radical (unpaired) electrons. The van der Waals surface area contributed by atoms with Gasteiger partial charge in [-0.3, -0.25) is 14.9 Å². The monoisotopic (exact) mass is 492 g/mol. The van der Waals surface area contributed by atoms with Gasteiger partial charge < -0.3 is 10.1 Å². The minimum absolute atomic E-state index is 0.0557. The molecule has 0 aliphatic heterocycles. The van der Waals surface area contributed by atoms with Crippen molar-refractivity contribution in [3.8, 4) is 17.0 Å². The number of nitro groups is 1. The van der Waals surface area contributed by atoms with Crippen molar-refractivity contribution >= 4 is 29.0 Å². The number of ether oxygens (including phenoxy) is 1. The van der Waals surface area contributed by atoms with Crippen LogP contribution in [0, 0.1) is 10.1 Å². The second kappa shape index (κ2) is 10.5. The predicted octanol–water partition coefficient (Wildman–Crippen LogP) is 5.59. The fourth-order valence-electron chi connectivity index (χ4n) is 2.85. The van der Waals surface area contributed by atoms with Gasteiger partial charge in [0.2, 0.25) is 5.91 Å². The SMILES string of the molecule is CCOc1ccc(NC(=O)[C@@H](C)Sc2nc(-c3ccccc3)cc(C(F)(F)F)n2)c([N+](=O)[O-])c1. The minimum atomic E-state index is -4.71. The minimum Gasteiger partial charge on any atom is -0.494 e. The van der Waals surface area contributed by atoms with Gasteiger partial charge in [0.1, 0.15) is 17.1 Å². The largest absolute Gasteiger partial charge is 0.494 e. The van der Waals surface area contributed by atoms with Crippen LogP contribution in [-0.4, -0.2) is 32.7 Å². The molecule has 3 aromatic rings. The molecule has 0 aliphatic carbocycles. The highest BCUT2D eigenvalue weighted by molar-refractivity contribution is 8.00. The number of nitrogens with one attached hydrogen (secondary N) is 1. The maximum atomic E-state index is 13.4. The van der Waals surface area contributed by atoms with Gasteiger partial charge in [-0.25, -0.2) is 9.97 Å².